The Bertz CT molecular complexity index is 202. The first kappa shape index (κ1) is 15.2. The molecule has 68 valence electrons. The van der Waals surface area contributed by atoms with Crippen LogP contribution >= 0.6 is 0 Å². The van der Waals surface area contributed by atoms with Crippen molar-refractivity contribution in [3.05, 3.63) is 12.3 Å². The van der Waals surface area contributed by atoms with Crippen LogP contribution in [0.3, 0.4) is 0 Å². The van der Waals surface area contributed by atoms with Crippen LogP contribution in [-0.4, -0.2) is 11.9 Å². The van der Waals surface area contributed by atoms with Gasteiger partial charge in [0.1, 0.15) is 0 Å². The summed E-state index contributed by atoms with van der Waals surface area (Å²) in [7, 11) is 0. The van der Waals surface area contributed by atoms with E-state index in [9.17, 15) is 14.7 Å². The maximum absolute atomic E-state index is 9.70. The van der Waals surface area contributed by atoms with E-state index >= 15 is 0 Å². The zero-order chi connectivity index (χ0) is 9.56. The van der Waals surface area contributed by atoms with E-state index in [-0.39, 0.29) is 47.8 Å². The molecule has 1 aliphatic rings. The van der Waals surface area contributed by atoms with Crippen LogP contribution in [0.1, 0.15) is 20.3 Å². The molecule has 1 rings (SSSR count). The number of hydrogen-bond donors (Lipinski definition) is 1. The molecule has 0 saturated heterocycles. The summed E-state index contributed by atoms with van der Waals surface area (Å²) in [4.78, 5) is 19.4. The van der Waals surface area contributed by atoms with E-state index in [4.69, 9.17) is 0 Å². The number of hydrogen-bond acceptors (Lipinski definition) is 3. The van der Waals surface area contributed by atoms with Gasteiger partial charge >= 0.3 is 29.6 Å². The topological polar surface area (TPSA) is 69.2 Å². The second-order valence-electron chi connectivity index (χ2n) is 2.81. The maximum Gasteiger partial charge on any atom is 1.00 e. The fourth-order valence-electron chi connectivity index (χ4n) is 0.485. The van der Waals surface area contributed by atoms with Crippen LogP contribution in [0.4, 0.5) is 0 Å². The predicted octanol–water partition coefficient (Wildman–Crippen LogP) is -3.58. The second-order valence-corrected chi connectivity index (χ2v) is 2.81. The third kappa shape index (κ3) is 11.7. The Hall–Kier alpha value is -0.320. The monoisotopic (exact) mass is 193 g/mol. The molecule has 0 bridgehead atoms. The molecule has 1 N–H and O–H groups in total. The molecule has 1 amide bonds. The summed E-state index contributed by atoms with van der Waals surface area (Å²) in [5, 5.41) is 12.1. The minimum atomic E-state index is -0.963. The van der Waals surface area contributed by atoms with Crippen molar-refractivity contribution >= 4 is 11.9 Å². The number of carboxylic acids is 1. The molecule has 0 atom stereocenters. The van der Waals surface area contributed by atoms with Gasteiger partial charge in [-0.15, -0.1) is 0 Å². The molecule has 0 fully saturated rings. The minimum Gasteiger partial charge on any atom is -0.550 e. The summed E-state index contributed by atoms with van der Waals surface area (Å²) >= 11 is 0. The Labute approximate surface area is 99.7 Å². The normalized spacial score (nSPS) is 11.8. The third-order valence-corrected chi connectivity index (χ3v) is 1.04. The molecule has 1 aliphatic heterocycles. The van der Waals surface area contributed by atoms with Gasteiger partial charge in [-0.2, -0.15) is 0 Å². The minimum absolute atomic E-state index is 0. The van der Waals surface area contributed by atoms with E-state index in [1.54, 1.807) is 6.20 Å². The largest absolute Gasteiger partial charge is 1.00 e. The van der Waals surface area contributed by atoms with Crippen molar-refractivity contribution in [2.24, 2.45) is 5.92 Å². The molecule has 0 aromatic rings. The van der Waals surface area contributed by atoms with Gasteiger partial charge in [0.15, 0.2) is 0 Å². The Morgan fingerprint density at radius 1 is 1.62 bits per heavy atom. The summed E-state index contributed by atoms with van der Waals surface area (Å²) in [6.45, 7) is 3.69. The number of carbonyl (C=O) groups excluding carboxylic acids is 2. The van der Waals surface area contributed by atoms with Crippen molar-refractivity contribution in [2.75, 3.05) is 0 Å². The fraction of sp³-hybridized carbons (Fsp3) is 0.500. The molecular formula is C8H12NNaO3. The number of aliphatic carboxylic acids is 1. The van der Waals surface area contributed by atoms with Gasteiger partial charge in [0.05, 0.1) is 0 Å². The van der Waals surface area contributed by atoms with E-state index < -0.39 is 5.97 Å². The van der Waals surface area contributed by atoms with E-state index in [1.165, 1.54) is 6.08 Å². The van der Waals surface area contributed by atoms with Crippen LogP contribution in [0, 0.1) is 5.92 Å². The summed E-state index contributed by atoms with van der Waals surface area (Å²) in [6, 6.07) is 0. The maximum atomic E-state index is 9.70. The summed E-state index contributed by atoms with van der Waals surface area (Å²) in [6.07, 6.45) is 3.24. The molecule has 0 aromatic heterocycles. The van der Waals surface area contributed by atoms with Gasteiger partial charge < -0.3 is 15.2 Å². The average molecular weight is 193 g/mol. The van der Waals surface area contributed by atoms with Gasteiger partial charge in [-0.25, -0.2) is 0 Å². The number of carboxylic acid groups (broad SMARTS) is 1. The van der Waals surface area contributed by atoms with Gasteiger partial charge in [0, 0.05) is 18.2 Å². The van der Waals surface area contributed by atoms with Gasteiger partial charge in [-0.1, -0.05) is 13.8 Å². The van der Waals surface area contributed by atoms with Crippen LogP contribution in [0.15, 0.2) is 12.3 Å². The molecular weight excluding hydrogens is 181 g/mol. The first-order valence-corrected chi connectivity index (χ1v) is 3.69. The standard InChI is InChI=1S/C5H10O2.C3H3NO.Na/c1-4(2)3-5(6)7;5-3-1-2-4-3;/h4H,3H2,1-2H3,(H,6,7);1-2H,(H,4,5);/q;;+1/p-1. The molecule has 1 heterocycles. The van der Waals surface area contributed by atoms with Crippen molar-refractivity contribution in [3.63, 3.8) is 0 Å². The van der Waals surface area contributed by atoms with E-state index in [0.29, 0.717) is 0 Å². The zero-order valence-corrected chi connectivity index (χ0v) is 10.2. The number of nitrogens with one attached hydrogen (secondary N) is 1. The quantitative estimate of drug-likeness (QED) is 0.461. The molecule has 0 radical (unpaired) electrons. The van der Waals surface area contributed by atoms with E-state index in [2.05, 4.69) is 5.32 Å². The molecule has 0 unspecified atom stereocenters. The molecule has 13 heavy (non-hydrogen) atoms. The first-order valence-electron chi connectivity index (χ1n) is 3.69. The third-order valence-electron chi connectivity index (χ3n) is 1.04. The Morgan fingerprint density at radius 2 is 2.00 bits per heavy atom. The van der Waals surface area contributed by atoms with Crippen LogP contribution in [0.5, 0.6) is 0 Å². The molecule has 0 spiro atoms. The Balaban J connectivity index is 0. The number of carbonyl (C=O) groups is 2. The number of amides is 1. The predicted molar refractivity (Wildman–Crippen MR) is 41.7 cm³/mol. The van der Waals surface area contributed by atoms with Crippen molar-refractivity contribution in [1.82, 2.24) is 5.32 Å². The first-order chi connectivity index (χ1) is 5.52. The number of rotatable bonds is 2. The van der Waals surface area contributed by atoms with E-state index in [1.807, 2.05) is 13.8 Å². The SMILES string of the molecule is CC(C)CC(=O)[O-].O=C1C=CN1.[Na+]. The van der Waals surface area contributed by atoms with Gasteiger partial charge in [0.25, 0.3) is 0 Å². The van der Waals surface area contributed by atoms with Crippen LogP contribution in [-0.2, 0) is 9.59 Å². The van der Waals surface area contributed by atoms with Crippen molar-refractivity contribution in [3.8, 4) is 0 Å². The van der Waals surface area contributed by atoms with Gasteiger partial charge in [-0.3, -0.25) is 4.79 Å². The Morgan fingerprint density at radius 3 is 2.00 bits per heavy atom. The van der Waals surface area contributed by atoms with Crippen molar-refractivity contribution < 1.29 is 44.3 Å². The van der Waals surface area contributed by atoms with E-state index in [0.717, 1.165) is 0 Å². The molecule has 0 aromatic carbocycles. The second kappa shape index (κ2) is 8.29. The van der Waals surface area contributed by atoms with Crippen LogP contribution in [0.2, 0.25) is 0 Å². The summed E-state index contributed by atoms with van der Waals surface area (Å²) in [5.41, 5.74) is 0. The average Bonchev–Trinajstić information content (AvgIpc) is 1.81. The van der Waals surface area contributed by atoms with Crippen LogP contribution in [0.25, 0.3) is 0 Å². The zero-order valence-electron chi connectivity index (χ0n) is 8.16. The van der Waals surface area contributed by atoms with Gasteiger partial charge in [0.2, 0.25) is 5.91 Å². The summed E-state index contributed by atoms with van der Waals surface area (Å²) in [5.74, 6) is -0.745. The smallest absolute Gasteiger partial charge is 0.550 e. The molecule has 4 nitrogen and oxygen atoms in total. The van der Waals surface area contributed by atoms with Gasteiger partial charge in [-0.05, 0) is 12.3 Å². The van der Waals surface area contributed by atoms with Crippen molar-refractivity contribution in [2.45, 2.75) is 20.3 Å². The fourth-order valence-corrected chi connectivity index (χ4v) is 0.485. The molecule has 0 aliphatic carbocycles. The molecule has 0 saturated carbocycles. The summed E-state index contributed by atoms with van der Waals surface area (Å²) < 4.78 is 0. The van der Waals surface area contributed by atoms with Crippen LogP contribution < -0.4 is 40.0 Å². The van der Waals surface area contributed by atoms with Crippen molar-refractivity contribution in [1.29, 1.82) is 0 Å². The Kier molecular flexibility index (Phi) is 9.67. The molecule has 5 heteroatoms.